The Hall–Kier alpha value is -2.76. The number of Topliss-reactive ketones (excluding diaryl/α,β-unsaturated/α-hetero) is 1. The van der Waals surface area contributed by atoms with Gasteiger partial charge in [-0.1, -0.05) is 6.07 Å². The molecule has 122 valence electrons. The van der Waals surface area contributed by atoms with Gasteiger partial charge >= 0.3 is 0 Å². The highest BCUT2D eigenvalue weighted by Crippen LogP contribution is 2.36. The van der Waals surface area contributed by atoms with E-state index in [0.717, 1.165) is 0 Å². The van der Waals surface area contributed by atoms with Crippen molar-refractivity contribution in [1.82, 2.24) is 9.88 Å². The van der Waals surface area contributed by atoms with Crippen molar-refractivity contribution < 1.29 is 18.8 Å². The molecule has 2 heterocycles. The molecule has 0 spiro atoms. The number of carbonyl (C=O) groups is 3. The largest absolute Gasteiger partial charge is 0.344 e. The zero-order valence-corrected chi connectivity index (χ0v) is 12.8. The number of hydrogen-bond donors (Lipinski definition) is 1. The summed E-state index contributed by atoms with van der Waals surface area (Å²) in [6.07, 6.45) is 5.36. The second kappa shape index (κ2) is 5.40. The van der Waals surface area contributed by atoms with Crippen molar-refractivity contribution >= 4 is 34.1 Å². The number of carbonyl (C=O) groups excluding carboxylic acids is 3. The number of benzene rings is 1. The van der Waals surface area contributed by atoms with Gasteiger partial charge in [0.15, 0.2) is 0 Å². The minimum atomic E-state index is -0.513. The van der Waals surface area contributed by atoms with Crippen LogP contribution in [0.25, 0.3) is 16.5 Å². The Kier molecular flexibility index (Phi) is 3.33. The van der Waals surface area contributed by atoms with Crippen molar-refractivity contribution in [3.05, 3.63) is 41.9 Å². The first kappa shape index (κ1) is 14.8. The van der Waals surface area contributed by atoms with E-state index < -0.39 is 17.6 Å². The highest BCUT2D eigenvalue weighted by Gasteiger charge is 2.29. The van der Waals surface area contributed by atoms with E-state index in [0.29, 0.717) is 42.1 Å². The topological polar surface area (TPSA) is 68.2 Å². The molecule has 6 heteroatoms. The van der Waals surface area contributed by atoms with Gasteiger partial charge in [-0.25, -0.2) is 4.39 Å². The van der Waals surface area contributed by atoms with E-state index in [9.17, 15) is 18.8 Å². The Labute approximate surface area is 137 Å². The first-order chi connectivity index (χ1) is 11.5. The molecule has 0 bridgehead atoms. The van der Waals surface area contributed by atoms with Crippen LogP contribution >= 0.6 is 0 Å². The molecule has 2 amide bonds. The molecule has 1 saturated carbocycles. The van der Waals surface area contributed by atoms with Gasteiger partial charge in [-0.15, -0.1) is 0 Å². The predicted octanol–water partition coefficient (Wildman–Crippen LogP) is 2.50. The van der Waals surface area contributed by atoms with Gasteiger partial charge in [0, 0.05) is 42.1 Å². The smallest absolute Gasteiger partial charge is 0.258 e. The van der Waals surface area contributed by atoms with Gasteiger partial charge in [0.05, 0.1) is 11.1 Å². The lowest BCUT2D eigenvalue weighted by Gasteiger charge is -2.23. The molecular formula is C18H15FN2O3. The summed E-state index contributed by atoms with van der Waals surface area (Å²) in [5, 5.41) is 2.54. The van der Waals surface area contributed by atoms with Crippen LogP contribution in [0.2, 0.25) is 0 Å². The minimum Gasteiger partial charge on any atom is -0.344 e. The molecule has 1 aliphatic heterocycles. The van der Waals surface area contributed by atoms with Crippen molar-refractivity contribution in [1.29, 1.82) is 0 Å². The third kappa shape index (κ3) is 2.26. The first-order valence-corrected chi connectivity index (χ1v) is 7.93. The van der Waals surface area contributed by atoms with E-state index in [2.05, 4.69) is 5.32 Å². The molecule has 1 N–H and O–H groups in total. The summed E-state index contributed by atoms with van der Waals surface area (Å²) in [6.45, 7) is 0. The molecule has 0 atom stereocenters. The van der Waals surface area contributed by atoms with E-state index in [-0.39, 0.29) is 17.4 Å². The molecule has 0 radical (unpaired) electrons. The quantitative estimate of drug-likeness (QED) is 0.862. The lowest BCUT2D eigenvalue weighted by atomic mass is 9.94. The number of fused-ring (bicyclic) bond motifs is 1. The SMILES string of the molecule is O=C1CCC(n2cc(C3=CC(=O)NC3=O)c3c(F)cccc32)CC1. The molecular weight excluding hydrogens is 311 g/mol. The van der Waals surface area contributed by atoms with Crippen LogP contribution in [0.15, 0.2) is 30.5 Å². The maximum Gasteiger partial charge on any atom is 0.258 e. The number of amides is 2. The molecule has 5 nitrogen and oxygen atoms in total. The molecule has 24 heavy (non-hydrogen) atoms. The Morgan fingerprint density at radius 3 is 2.54 bits per heavy atom. The molecule has 0 saturated heterocycles. The van der Waals surface area contributed by atoms with Crippen LogP contribution < -0.4 is 5.32 Å². The highest BCUT2D eigenvalue weighted by atomic mass is 19.1. The number of rotatable bonds is 2. The van der Waals surface area contributed by atoms with Gasteiger partial charge in [-0.3, -0.25) is 19.7 Å². The van der Waals surface area contributed by atoms with Crippen LogP contribution in [-0.4, -0.2) is 22.2 Å². The third-order valence-corrected chi connectivity index (χ3v) is 4.76. The van der Waals surface area contributed by atoms with Crippen LogP contribution in [0.4, 0.5) is 4.39 Å². The standard InChI is InChI=1S/C18H15FN2O3/c19-14-2-1-3-15-17(14)13(12-8-16(23)20-18(12)24)9-21(15)10-4-6-11(22)7-5-10/h1-3,8-10H,4-7H2,(H,20,23,24). The summed E-state index contributed by atoms with van der Waals surface area (Å²) in [7, 11) is 0. The van der Waals surface area contributed by atoms with Crippen molar-refractivity contribution in [2.24, 2.45) is 0 Å². The summed E-state index contributed by atoms with van der Waals surface area (Å²) in [5.74, 6) is -1.18. The fourth-order valence-electron chi connectivity index (χ4n) is 3.59. The van der Waals surface area contributed by atoms with Gasteiger partial charge in [-0.05, 0) is 25.0 Å². The average Bonchev–Trinajstić information content (AvgIpc) is 3.09. The van der Waals surface area contributed by atoms with Crippen molar-refractivity contribution in [2.75, 3.05) is 0 Å². The zero-order valence-electron chi connectivity index (χ0n) is 12.8. The average molecular weight is 326 g/mol. The van der Waals surface area contributed by atoms with Crippen molar-refractivity contribution in [3.8, 4) is 0 Å². The third-order valence-electron chi connectivity index (χ3n) is 4.76. The van der Waals surface area contributed by atoms with Crippen LogP contribution in [-0.2, 0) is 14.4 Å². The summed E-state index contributed by atoms with van der Waals surface area (Å²) in [4.78, 5) is 34.9. The predicted molar refractivity (Wildman–Crippen MR) is 85.5 cm³/mol. The fraction of sp³-hybridized carbons (Fsp3) is 0.278. The number of nitrogens with zero attached hydrogens (tertiary/aromatic N) is 1. The van der Waals surface area contributed by atoms with E-state index in [4.69, 9.17) is 0 Å². The Balaban J connectivity index is 1.89. The maximum atomic E-state index is 14.5. The molecule has 0 unspecified atom stereocenters. The number of imide groups is 1. The van der Waals surface area contributed by atoms with E-state index in [1.54, 1.807) is 18.3 Å². The fourth-order valence-corrected chi connectivity index (χ4v) is 3.59. The second-order valence-corrected chi connectivity index (χ2v) is 6.23. The number of ketones is 1. The van der Waals surface area contributed by atoms with E-state index in [1.165, 1.54) is 12.1 Å². The molecule has 2 aromatic rings. The molecule has 4 rings (SSSR count). The monoisotopic (exact) mass is 326 g/mol. The van der Waals surface area contributed by atoms with Gasteiger partial charge in [0.1, 0.15) is 11.6 Å². The minimum absolute atomic E-state index is 0.0847. The second-order valence-electron chi connectivity index (χ2n) is 6.23. The molecule has 1 fully saturated rings. The molecule has 1 aromatic heterocycles. The summed E-state index contributed by atoms with van der Waals surface area (Å²) in [6, 6.07) is 4.85. The lowest BCUT2D eigenvalue weighted by molar-refractivity contribution is -0.123. The maximum absolute atomic E-state index is 14.5. The van der Waals surface area contributed by atoms with Crippen LogP contribution in [0.3, 0.4) is 0 Å². The van der Waals surface area contributed by atoms with E-state index in [1.807, 2.05) is 4.57 Å². The van der Waals surface area contributed by atoms with Crippen molar-refractivity contribution in [2.45, 2.75) is 31.7 Å². The van der Waals surface area contributed by atoms with Crippen molar-refractivity contribution in [3.63, 3.8) is 0 Å². The Bertz CT molecular complexity index is 916. The summed E-state index contributed by atoms with van der Waals surface area (Å²) in [5.41, 5.74) is 1.28. The highest BCUT2D eigenvalue weighted by molar-refractivity contribution is 6.35. The van der Waals surface area contributed by atoms with Gasteiger partial charge in [0.2, 0.25) is 0 Å². The van der Waals surface area contributed by atoms with E-state index >= 15 is 0 Å². The molecule has 2 aliphatic rings. The van der Waals surface area contributed by atoms with Gasteiger partial charge in [-0.2, -0.15) is 0 Å². The summed E-state index contributed by atoms with van der Waals surface area (Å²) >= 11 is 0. The molecule has 1 aliphatic carbocycles. The summed E-state index contributed by atoms with van der Waals surface area (Å²) < 4.78 is 16.4. The normalized spacial score (nSPS) is 19.0. The molecule has 1 aromatic carbocycles. The van der Waals surface area contributed by atoms with Gasteiger partial charge in [0.25, 0.3) is 11.8 Å². The number of hydrogen-bond acceptors (Lipinski definition) is 3. The zero-order chi connectivity index (χ0) is 16.8. The number of aromatic nitrogens is 1. The van der Waals surface area contributed by atoms with Gasteiger partial charge < -0.3 is 4.57 Å². The lowest BCUT2D eigenvalue weighted by Crippen LogP contribution is -2.21. The van der Waals surface area contributed by atoms with Crippen LogP contribution in [0, 0.1) is 5.82 Å². The Morgan fingerprint density at radius 2 is 1.88 bits per heavy atom. The van der Waals surface area contributed by atoms with Crippen LogP contribution in [0.1, 0.15) is 37.3 Å². The first-order valence-electron chi connectivity index (χ1n) is 7.93. The number of halogens is 1. The number of nitrogens with one attached hydrogen (secondary N) is 1. The Morgan fingerprint density at radius 1 is 1.12 bits per heavy atom. The van der Waals surface area contributed by atoms with Crippen LogP contribution in [0.5, 0.6) is 0 Å².